The summed E-state index contributed by atoms with van der Waals surface area (Å²) in [6.07, 6.45) is -14.2. The molecular formula is C45H72O18. The predicted molar refractivity (Wildman–Crippen MR) is 216 cm³/mol. The van der Waals surface area contributed by atoms with Gasteiger partial charge in [0.15, 0.2) is 24.7 Å². The van der Waals surface area contributed by atoms with E-state index in [2.05, 4.69) is 33.8 Å². The SMILES string of the molecule is CC1CCC2(OC1)OC1CC3C4CC=C5CC(OC6OC(CO)C(OC7OC(CO)C(O)C(O)C7O)C(O)C6OC6OC(C)C(O)C(O)C6O)CCC5(C)C4CCC3(C)C1(O)C2C. The lowest BCUT2D eigenvalue weighted by Crippen LogP contribution is -2.67. The van der Waals surface area contributed by atoms with Crippen LogP contribution in [-0.4, -0.2) is 187 Å². The quantitative estimate of drug-likeness (QED) is 0.135. The molecule has 26 atom stereocenters. The van der Waals surface area contributed by atoms with Crippen molar-refractivity contribution in [2.24, 2.45) is 40.4 Å². The second-order valence-electron chi connectivity index (χ2n) is 21.2. The zero-order valence-electron chi connectivity index (χ0n) is 37.0. The molecule has 26 unspecified atom stereocenters. The number of allylic oxidation sites excluding steroid dienone is 1. The number of aliphatic hydroxyl groups is 10. The van der Waals surface area contributed by atoms with Gasteiger partial charge in [-0.15, -0.1) is 0 Å². The van der Waals surface area contributed by atoms with Crippen LogP contribution in [0.1, 0.15) is 92.4 Å². The van der Waals surface area contributed by atoms with E-state index in [1.165, 1.54) is 12.5 Å². The molecule has 5 saturated heterocycles. The van der Waals surface area contributed by atoms with Gasteiger partial charge in [-0.2, -0.15) is 0 Å². The minimum Gasteiger partial charge on any atom is -0.394 e. The van der Waals surface area contributed by atoms with Crippen LogP contribution in [0.3, 0.4) is 0 Å². The number of hydrogen-bond acceptors (Lipinski definition) is 18. The maximum atomic E-state index is 12.8. The average Bonchev–Trinajstić information content (AvgIpc) is 3.62. The minimum absolute atomic E-state index is 0.130. The van der Waals surface area contributed by atoms with Crippen molar-refractivity contribution in [2.45, 2.75) is 208 Å². The van der Waals surface area contributed by atoms with E-state index in [1.807, 2.05) is 0 Å². The fourth-order valence-electron chi connectivity index (χ4n) is 14.0. The summed E-state index contributed by atoms with van der Waals surface area (Å²) in [5.41, 5.74) is -0.168. The van der Waals surface area contributed by atoms with E-state index in [0.29, 0.717) is 37.2 Å². The molecule has 5 heterocycles. The van der Waals surface area contributed by atoms with Crippen molar-refractivity contribution >= 4 is 0 Å². The summed E-state index contributed by atoms with van der Waals surface area (Å²) < 4.78 is 49.6. The molecule has 5 aliphatic heterocycles. The van der Waals surface area contributed by atoms with Gasteiger partial charge < -0.3 is 89.0 Å². The third-order valence-electron chi connectivity index (χ3n) is 17.9. The van der Waals surface area contributed by atoms with E-state index in [4.69, 9.17) is 37.9 Å². The highest BCUT2D eigenvalue weighted by atomic mass is 16.8. The predicted octanol–water partition coefficient (Wildman–Crippen LogP) is -0.671. The molecule has 8 fully saturated rings. The maximum absolute atomic E-state index is 12.8. The van der Waals surface area contributed by atoms with Gasteiger partial charge in [-0.25, -0.2) is 0 Å². The van der Waals surface area contributed by atoms with Gasteiger partial charge in [0.1, 0.15) is 72.7 Å². The fourth-order valence-corrected chi connectivity index (χ4v) is 14.0. The second kappa shape index (κ2) is 17.2. The topological polar surface area (TPSA) is 276 Å². The lowest BCUT2D eigenvalue weighted by atomic mass is 9.46. The van der Waals surface area contributed by atoms with E-state index >= 15 is 0 Å². The zero-order valence-corrected chi connectivity index (χ0v) is 37.0. The van der Waals surface area contributed by atoms with Crippen LogP contribution in [-0.2, 0) is 37.9 Å². The van der Waals surface area contributed by atoms with Crippen molar-refractivity contribution < 1.29 is 89.0 Å². The molecule has 0 aromatic heterocycles. The molecule has 0 radical (unpaired) electrons. The molecule has 0 aromatic rings. The summed E-state index contributed by atoms with van der Waals surface area (Å²) >= 11 is 0. The molecule has 3 saturated carbocycles. The van der Waals surface area contributed by atoms with Gasteiger partial charge in [0.25, 0.3) is 0 Å². The first kappa shape index (κ1) is 47.1. The Labute approximate surface area is 368 Å². The normalized spacial score (nSPS) is 58.1. The first-order valence-corrected chi connectivity index (χ1v) is 23.5. The van der Waals surface area contributed by atoms with Crippen LogP contribution >= 0.6 is 0 Å². The number of rotatable bonds is 8. The average molecular weight is 901 g/mol. The van der Waals surface area contributed by atoms with Crippen LogP contribution in [0.15, 0.2) is 11.6 Å². The molecule has 10 N–H and O–H groups in total. The molecule has 9 rings (SSSR count). The van der Waals surface area contributed by atoms with E-state index in [-0.39, 0.29) is 28.8 Å². The largest absolute Gasteiger partial charge is 0.394 e. The van der Waals surface area contributed by atoms with E-state index in [1.54, 1.807) is 0 Å². The Morgan fingerprint density at radius 2 is 1.35 bits per heavy atom. The van der Waals surface area contributed by atoms with Crippen molar-refractivity contribution in [1.29, 1.82) is 0 Å². The highest BCUT2D eigenvalue weighted by Gasteiger charge is 2.76. The van der Waals surface area contributed by atoms with Crippen molar-refractivity contribution in [3.8, 4) is 0 Å². The molecule has 0 aromatic carbocycles. The molecule has 0 amide bonds. The monoisotopic (exact) mass is 900 g/mol. The molecular weight excluding hydrogens is 828 g/mol. The Morgan fingerprint density at radius 1 is 0.683 bits per heavy atom. The highest BCUT2D eigenvalue weighted by Crippen LogP contribution is 2.72. The third kappa shape index (κ3) is 7.35. The summed E-state index contributed by atoms with van der Waals surface area (Å²) in [5, 5.41) is 109. The molecule has 4 aliphatic carbocycles. The van der Waals surface area contributed by atoms with Gasteiger partial charge >= 0.3 is 0 Å². The maximum Gasteiger partial charge on any atom is 0.187 e. The van der Waals surface area contributed by atoms with Gasteiger partial charge in [0.05, 0.1) is 38.1 Å². The van der Waals surface area contributed by atoms with Crippen LogP contribution in [0.5, 0.6) is 0 Å². The number of aliphatic hydroxyl groups excluding tert-OH is 9. The second-order valence-corrected chi connectivity index (χ2v) is 21.2. The van der Waals surface area contributed by atoms with Crippen LogP contribution in [0.4, 0.5) is 0 Å². The van der Waals surface area contributed by atoms with Crippen LogP contribution in [0, 0.1) is 40.4 Å². The molecule has 1 spiro atoms. The molecule has 18 heteroatoms. The molecule has 9 aliphatic rings. The molecule has 63 heavy (non-hydrogen) atoms. The fraction of sp³-hybridized carbons (Fsp3) is 0.956. The summed E-state index contributed by atoms with van der Waals surface area (Å²) in [6.45, 7) is 9.66. The van der Waals surface area contributed by atoms with Gasteiger partial charge in [-0.1, -0.05) is 39.3 Å². The minimum atomic E-state index is -1.83. The smallest absolute Gasteiger partial charge is 0.187 e. The number of hydrogen-bond donors (Lipinski definition) is 10. The summed E-state index contributed by atoms with van der Waals surface area (Å²) in [6, 6.07) is 0. The Bertz CT molecular complexity index is 1660. The third-order valence-corrected chi connectivity index (χ3v) is 17.9. The number of ether oxygens (including phenoxy) is 8. The summed E-state index contributed by atoms with van der Waals surface area (Å²) in [7, 11) is 0. The van der Waals surface area contributed by atoms with Gasteiger partial charge in [0.2, 0.25) is 0 Å². The van der Waals surface area contributed by atoms with E-state index in [0.717, 1.165) is 44.9 Å². The lowest BCUT2D eigenvalue weighted by Gasteiger charge is -2.60. The van der Waals surface area contributed by atoms with Gasteiger partial charge in [-0.3, -0.25) is 0 Å². The zero-order chi connectivity index (χ0) is 45.1. The first-order chi connectivity index (χ1) is 29.8. The van der Waals surface area contributed by atoms with Crippen LogP contribution in [0.25, 0.3) is 0 Å². The highest BCUT2D eigenvalue weighted by molar-refractivity contribution is 5.29. The Balaban J connectivity index is 0.926. The standard InChI is InChI=1S/C45H72O18/c1-19-8-13-44(56-18-19)21(3)45(55)29(63-44)15-26-24-7-6-22-14-23(9-11-42(22,4)25(24)10-12-43(26,45)5)58-41-38(62-39-34(52)32(50)30(48)20(2)57-39)36(54)37(28(17-47)60-41)61-40-35(53)33(51)31(49)27(16-46)59-40/h6,19-21,23-41,46-55H,7-18H2,1-5H3. The summed E-state index contributed by atoms with van der Waals surface area (Å²) in [4.78, 5) is 0. The van der Waals surface area contributed by atoms with E-state index in [9.17, 15) is 51.1 Å². The lowest BCUT2D eigenvalue weighted by molar-refractivity contribution is -0.389. The molecule has 360 valence electrons. The number of fused-ring (bicyclic) bond motifs is 7. The Morgan fingerprint density at radius 3 is 2.03 bits per heavy atom. The summed E-state index contributed by atoms with van der Waals surface area (Å²) in [5.74, 6) is 0.616. The Hall–Kier alpha value is -0.980. The van der Waals surface area contributed by atoms with Crippen molar-refractivity contribution in [2.75, 3.05) is 19.8 Å². The van der Waals surface area contributed by atoms with Crippen molar-refractivity contribution in [3.63, 3.8) is 0 Å². The van der Waals surface area contributed by atoms with Crippen molar-refractivity contribution in [3.05, 3.63) is 11.6 Å². The van der Waals surface area contributed by atoms with E-state index < -0.39 is 123 Å². The van der Waals surface area contributed by atoms with Crippen LogP contribution in [0.2, 0.25) is 0 Å². The molecule has 0 bridgehead atoms. The Kier molecular flexibility index (Phi) is 12.9. The van der Waals surface area contributed by atoms with Gasteiger partial charge in [0, 0.05) is 17.8 Å². The van der Waals surface area contributed by atoms with Gasteiger partial charge in [-0.05, 0) is 87.4 Å². The van der Waals surface area contributed by atoms with Crippen LogP contribution < -0.4 is 0 Å². The molecule has 18 nitrogen and oxygen atoms in total. The van der Waals surface area contributed by atoms with Crippen molar-refractivity contribution in [1.82, 2.24) is 0 Å². The first-order valence-electron chi connectivity index (χ1n) is 23.5.